The van der Waals surface area contributed by atoms with Crippen molar-refractivity contribution in [2.24, 2.45) is 23.7 Å². The van der Waals surface area contributed by atoms with Crippen molar-refractivity contribution in [3.8, 4) is 11.5 Å². The lowest BCUT2D eigenvalue weighted by Gasteiger charge is -2.25. The molecule has 2 saturated heterocycles. The smallest absolute Gasteiger partial charge is 0.316 e. The summed E-state index contributed by atoms with van der Waals surface area (Å²) in [4.78, 5) is 54.5. The van der Waals surface area contributed by atoms with E-state index in [0.29, 0.717) is 35.2 Å². The minimum atomic E-state index is -0.592. The van der Waals surface area contributed by atoms with Gasteiger partial charge in [0.15, 0.2) is 0 Å². The summed E-state index contributed by atoms with van der Waals surface area (Å²) in [6, 6.07) is 12.1. The van der Waals surface area contributed by atoms with Gasteiger partial charge in [-0.05, 0) is 87.1 Å². The van der Waals surface area contributed by atoms with Crippen LogP contribution in [0, 0.1) is 30.6 Å². The second kappa shape index (κ2) is 10.00. The molecule has 4 atom stereocenters. The summed E-state index contributed by atoms with van der Waals surface area (Å²) in [5.74, 6) is -0.477. The van der Waals surface area contributed by atoms with Crippen LogP contribution in [-0.2, 0) is 19.2 Å². The molecule has 0 aromatic heterocycles. The summed E-state index contributed by atoms with van der Waals surface area (Å²) in [6.45, 7) is 6.62. The van der Waals surface area contributed by atoms with Gasteiger partial charge in [-0.3, -0.25) is 19.2 Å². The van der Waals surface area contributed by atoms with Crippen molar-refractivity contribution in [1.29, 1.82) is 0 Å². The SMILES string of the molecule is CCOc1ccc(N2C[C@H](C(=O)Oc3ccc(N4C(=O)[C@@H]5CC[C@H](C)C[C@H]5C4=O)c(C)c3)CC2=O)cc1. The van der Waals surface area contributed by atoms with Gasteiger partial charge in [-0.15, -0.1) is 0 Å². The maximum absolute atomic E-state index is 13.1. The molecular weight excluding hydrogens is 472 g/mol. The van der Waals surface area contributed by atoms with Crippen LogP contribution >= 0.6 is 0 Å². The summed E-state index contributed by atoms with van der Waals surface area (Å²) in [7, 11) is 0. The van der Waals surface area contributed by atoms with E-state index in [4.69, 9.17) is 9.47 Å². The Hall–Kier alpha value is -3.68. The quantitative estimate of drug-likeness (QED) is 0.331. The van der Waals surface area contributed by atoms with Gasteiger partial charge in [-0.2, -0.15) is 0 Å². The second-order valence-electron chi connectivity index (χ2n) is 10.3. The third-order valence-electron chi connectivity index (χ3n) is 7.73. The zero-order chi connectivity index (χ0) is 26.3. The molecule has 1 aliphatic carbocycles. The number of anilines is 2. The lowest BCUT2D eigenvalue weighted by atomic mass is 9.76. The number of hydrogen-bond acceptors (Lipinski definition) is 6. The number of carbonyl (C=O) groups excluding carboxylic acids is 4. The first-order valence-electron chi connectivity index (χ1n) is 13.0. The average molecular weight is 505 g/mol. The van der Waals surface area contributed by atoms with Crippen LogP contribution < -0.4 is 19.3 Å². The molecular formula is C29H32N2O6. The molecule has 2 aromatic carbocycles. The second-order valence-corrected chi connectivity index (χ2v) is 10.3. The molecule has 3 fully saturated rings. The van der Waals surface area contributed by atoms with E-state index in [1.54, 1.807) is 54.3 Å². The van der Waals surface area contributed by atoms with Crippen LogP contribution in [0.3, 0.4) is 0 Å². The molecule has 8 heteroatoms. The van der Waals surface area contributed by atoms with Gasteiger partial charge in [0.05, 0.1) is 30.0 Å². The standard InChI is InChI=1S/C29H32N2O6/c1-4-36-21-8-6-20(7-9-21)30-16-19(15-26(30)32)29(35)37-22-10-12-25(18(3)14-22)31-27(33)23-11-5-17(2)13-24(23)28(31)34/h6-10,12,14,17,19,23-24H,4-5,11,13,15-16H2,1-3H3/t17-,19+,23+,24+/m0/s1. The number of aryl methyl sites for hydroxylation is 1. The molecule has 8 nitrogen and oxygen atoms in total. The Balaban J connectivity index is 1.25. The monoisotopic (exact) mass is 504 g/mol. The molecule has 0 bridgehead atoms. The fourth-order valence-corrected chi connectivity index (χ4v) is 5.77. The fourth-order valence-electron chi connectivity index (χ4n) is 5.77. The highest BCUT2D eigenvalue weighted by atomic mass is 16.5. The van der Waals surface area contributed by atoms with Crippen molar-refractivity contribution in [2.45, 2.75) is 46.5 Å². The highest BCUT2D eigenvalue weighted by molar-refractivity contribution is 6.22. The Kier molecular flexibility index (Phi) is 6.75. The first-order chi connectivity index (χ1) is 17.8. The number of imide groups is 1. The number of esters is 1. The molecule has 2 aromatic rings. The normalized spacial score (nSPS) is 25.4. The highest BCUT2D eigenvalue weighted by Crippen LogP contribution is 2.43. The van der Waals surface area contributed by atoms with E-state index in [-0.39, 0.29) is 42.5 Å². The van der Waals surface area contributed by atoms with Crippen LogP contribution in [0.15, 0.2) is 42.5 Å². The Morgan fingerprint density at radius 1 is 0.973 bits per heavy atom. The van der Waals surface area contributed by atoms with E-state index < -0.39 is 11.9 Å². The third-order valence-corrected chi connectivity index (χ3v) is 7.73. The predicted molar refractivity (Wildman–Crippen MR) is 137 cm³/mol. The van der Waals surface area contributed by atoms with Gasteiger partial charge in [-0.1, -0.05) is 6.92 Å². The number of ether oxygens (including phenoxy) is 2. The van der Waals surface area contributed by atoms with Crippen molar-refractivity contribution in [2.75, 3.05) is 23.0 Å². The van der Waals surface area contributed by atoms with E-state index in [0.717, 1.165) is 25.0 Å². The number of carbonyl (C=O) groups is 4. The van der Waals surface area contributed by atoms with Gasteiger partial charge in [0.1, 0.15) is 11.5 Å². The Labute approximate surface area is 216 Å². The highest BCUT2D eigenvalue weighted by Gasteiger charge is 2.50. The lowest BCUT2D eigenvalue weighted by Crippen LogP contribution is -2.31. The van der Waals surface area contributed by atoms with Crippen LogP contribution in [0.4, 0.5) is 11.4 Å². The molecule has 0 spiro atoms. The molecule has 37 heavy (non-hydrogen) atoms. The summed E-state index contributed by atoms with van der Waals surface area (Å²) < 4.78 is 11.1. The van der Waals surface area contributed by atoms with Crippen molar-refractivity contribution < 1.29 is 28.7 Å². The average Bonchev–Trinajstić information content (AvgIpc) is 3.37. The van der Waals surface area contributed by atoms with E-state index in [1.807, 2.05) is 6.92 Å². The Morgan fingerprint density at radius 2 is 1.68 bits per heavy atom. The van der Waals surface area contributed by atoms with Gasteiger partial charge in [0.25, 0.3) is 0 Å². The van der Waals surface area contributed by atoms with Crippen molar-refractivity contribution in [3.05, 3.63) is 48.0 Å². The molecule has 194 valence electrons. The predicted octanol–water partition coefficient (Wildman–Crippen LogP) is 4.28. The molecule has 3 amide bonds. The molecule has 5 rings (SSSR count). The lowest BCUT2D eigenvalue weighted by molar-refractivity contribution is -0.139. The van der Waals surface area contributed by atoms with Gasteiger partial charge in [0.2, 0.25) is 17.7 Å². The van der Waals surface area contributed by atoms with E-state index in [1.165, 1.54) is 4.90 Å². The first kappa shape index (κ1) is 25.0. The molecule has 1 saturated carbocycles. The summed E-state index contributed by atoms with van der Waals surface area (Å²) in [6.07, 6.45) is 2.52. The van der Waals surface area contributed by atoms with E-state index >= 15 is 0 Å². The zero-order valence-corrected chi connectivity index (χ0v) is 21.4. The number of rotatable bonds is 6. The van der Waals surface area contributed by atoms with Gasteiger partial charge in [0, 0.05) is 18.7 Å². The largest absolute Gasteiger partial charge is 0.494 e. The maximum Gasteiger partial charge on any atom is 0.316 e. The number of hydrogen-bond donors (Lipinski definition) is 0. The van der Waals surface area contributed by atoms with Crippen molar-refractivity contribution in [1.82, 2.24) is 0 Å². The van der Waals surface area contributed by atoms with Crippen LogP contribution in [0.1, 0.15) is 45.1 Å². The van der Waals surface area contributed by atoms with Crippen LogP contribution in [0.5, 0.6) is 11.5 Å². The number of nitrogens with zero attached hydrogens (tertiary/aromatic N) is 2. The maximum atomic E-state index is 13.1. The Bertz CT molecular complexity index is 1240. The van der Waals surface area contributed by atoms with Crippen molar-refractivity contribution >= 4 is 35.1 Å². The zero-order valence-electron chi connectivity index (χ0n) is 21.4. The van der Waals surface area contributed by atoms with Crippen LogP contribution in [0.2, 0.25) is 0 Å². The van der Waals surface area contributed by atoms with Crippen LogP contribution in [-0.4, -0.2) is 36.8 Å². The number of fused-ring (bicyclic) bond motifs is 1. The summed E-state index contributed by atoms with van der Waals surface area (Å²) in [5, 5.41) is 0. The van der Waals surface area contributed by atoms with E-state index in [9.17, 15) is 19.2 Å². The Morgan fingerprint density at radius 3 is 2.38 bits per heavy atom. The molecule has 0 N–H and O–H groups in total. The third kappa shape index (κ3) is 4.72. The van der Waals surface area contributed by atoms with Gasteiger partial charge in [-0.25, -0.2) is 4.90 Å². The molecule has 0 unspecified atom stereocenters. The fraction of sp³-hybridized carbons (Fsp3) is 0.448. The minimum absolute atomic E-state index is 0.0705. The summed E-state index contributed by atoms with van der Waals surface area (Å²) in [5.41, 5.74) is 1.92. The number of amides is 3. The summed E-state index contributed by atoms with van der Waals surface area (Å²) >= 11 is 0. The molecule has 2 heterocycles. The van der Waals surface area contributed by atoms with Crippen LogP contribution in [0.25, 0.3) is 0 Å². The topological polar surface area (TPSA) is 93.2 Å². The van der Waals surface area contributed by atoms with E-state index in [2.05, 4.69) is 6.92 Å². The van der Waals surface area contributed by atoms with Gasteiger partial charge >= 0.3 is 5.97 Å². The number of benzene rings is 2. The molecule has 2 aliphatic heterocycles. The van der Waals surface area contributed by atoms with Gasteiger partial charge < -0.3 is 14.4 Å². The molecule has 0 radical (unpaired) electrons. The van der Waals surface area contributed by atoms with Crippen molar-refractivity contribution in [3.63, 3.8) is 0 Å². The first-order valence-corrected chi connectivity index (χ1v) is 13.0. The molecule has 3 aliphatic rings. The minimum Gasteiger partial charge on any atom is -0.494 e.